The number of nitrogens with two attached hydrogens (primary N) is 1. The van der Waals surface area contributed by atoms with Gasteiger partial charge >= 0.3 is 0 Å². The lowest BCUT2D eigenvalue weighted by Crippen LogP contribution is -2.57. The maximum absolute atomic E-state index is 5.63. The Morgan fingerprint density at radius 1 is 1.47 bits per heavy atom. The molecule has 0 radical (unpaired) electrons. The molecule has 0 unspecified atom stereocenters. The molecule has 104 valence electrons. The molecule has 1 aliphatic heterocycles. The highest BCUT2D eigenvalue weighted by atomic mass is 32.1. The van der Waals surface area contributed by atoms with Crippen LogP contribution in [0.15, 0.2) is 18.3 Å². The van der Waals surface area contributed by atoms with Gasteiger partial charge in [-0.15, -0.1) is 0 Å². The fourth-order valence-corrected chi connectivity index (χ4v) is 2.55. The molecule has 0 atom stereocenters. The van der Waals surface area contributed by atoms with E-state index in [0.29, 0.717) is 10.7 Å². The summed E-state index contributed by atoms with van der Waals surface area (Å²) in [7, 11) is 2.19. The molecular weight excluding hydrogens is 256 g/mol. The molecule has 4 nitrogen and oxygen atoms in total. The third kappa shape index (κ3) is 3.49. The Morgan fingerprint density at radius 3 is 2.84 bits per heavy atom. The van der Waals surface area contributed by atoms with Crippen LogP contribution in [0.2, 0.25) is 0 Å². The van der Waals surface area contributed by atoms with Gasteiger partial charge in [-0.3, -0.25) is 14.8 Å². The summed E-state index contributed by atoms with van der Waals surface area (Å²) in [5.41, 5.74) is 7.77. The molecule has 1 aromatic rings. The fourth-order valence-electron chi connectivity index (χ4n) is 2.44. The van der Waals surface area contributed by atoms with Gasteiger partial charge in [0.05, 0.1) is 5.69 Å². The summed E-state index contributed by atoms with van der Waals surface area (Å²) in [4.78, 5) is 9.43. The highest BCUT2D eigenvalue weighted by Gasteiger charge is 2.30. The molecule has 0 spiro atoms. The molecule has 2 heterocycles. The topological polar surface area (TPSA) is 45.4 Å². The first-order valence-corrected chi connectivity index (χ1v) is 6.98. The van der Waals surface area contributed by atoms with Crippen LogP contribution in [0.1, 0.15) is 25.1 Å². The largest absolute Gasteiger partial charge is 0.388 e. The summed E-state index contributed by atoms with van der Waals surface area (Å²) in [6.45, 7) is 8.74. The number of nitrogens with zero attached hydrogens (tertiary/aromatic N) is 3. The molecule has 2 N–H and O–H groups in total. The van der Waals surface area contributed by atoms with Crippen molar-refractivity contribution in [2.45, 2.75) is 25.9 Å². The van der Waals surface area contributed by atoms with Crippen LogP contribution in [-0.4, -0.2) is 52.0 Å². The number of pyridine rings is 1. The van der Waals surface area contributed by atoms with Crippen molar-refractivity contribution in [1.29, 1.82) is 0 Å². The van der Waals surface area contributed by atoms with E-state index in [0.717, 1.165) is 26.2 Å². The maximum atomic E-state index is 5.63. The molecule has 19 heavy (non-hydrogen) atoms. The average molecular weight is 278 g/mol. The van der Waals surface area contributed by atoms with Crippen LogP contribution in [0.5, 0.6) is 0 Å². The van der Waals surface area contributed by atoms with Crippen molar-refractivity contribution in [2.75, 3.05) is 26.7 Å². The van der Waals surface area contributed by atoms with Gasteiger partial charge in [-0.2, -0.15) is 0 Å². The van der Waals surface area contributed by atoms with Crippen molar-refractivity contribution in [1.82, 2.24) is 14.8 Å². The van der Waals surface area contributed by atoms with E-state index in [4.69, 9.17) is 18.0 Å². The molecule has 0 aromatic carbocycles. The van der Waals surface area contributed by atoms with E-state index in [1.807, 2.05) is 12.1 Å². The van der Waals surface area contributed by atoms with Crippen molar-refractivity contribution >= 4 is 17.2 Å². The number of likely N-dealkylation sites (N-methyl/N-ethyl adjacent to an activating group) is 1. The smallest absolute Gasteiger partial charge is 0.122 e. The van der Waals surface area contributed by atoms with Gasteiger partial charge < -0.3 is 5.73 Å². The SMILES string of the molecule is CN1CCN(Cc2ccnc(C(N)=S)c2)CC1(C)C. The second kappa shape index (κ2) is 5.53. The zero-order valence-electron chi connectivity index (χ0n) is 11.9. The zero-order valence-corrected chi connectivity index (χ0v) is 12.7. The van der Waals surface area contributed by atoms with Crippen LogP contribution in [0, 0.1) is 0 Å². The van der Waals surface area contributed by atoms with Crippen LogP contribution in [0.3, 0.4) is 0 Å². The Kier molecular flexibility index (Phi) is 4.18. The zero-order chi connectivity index (χ0) is 14.0. The average Bonchev–Trinajstić information content (AvgIpc) is 2.34. The number of hydrogen-bond acceptors (Lipinski definition) is 4. The Hall–Kier alpha value is -1.04. The summed E-state index contributed by atoms with van der Waals surface area (Å²) >= 11 is 4.97. The van der Waals surface area contributed by atoms with E-state index in [1.165, 1.54) is 5.56 Å². The molecule has 1 aliphatic rings. The Bertz CT molecular complexity index is 472. The monoisotopic (exact) mass is 278 g/mol. The molecule has 1 fully saturated rings. The van der Waals surface area contributed by atoms with Crippen LogP contribution in [0.4, 0.5) is 0 Å². The fraction of sp³-hybridized carbons (Fsp3) is 0.571. The second-order valence-electron chi connectivity index (χ2n) is 5.86. The molecule has 0 aliphatic carbocycles. The van der Waals surface area contributed by atoms with Crippen molar-refractivity contribution in [3.63, 3.8) is 0 Å². The minimum Gasteiger partial charge on any atom is -0.388 e. The molecule has 1 aromatic heterocycles. The van der Waals surface area contributed by atoms with E-state index >= 15 is 0 Å². The van der Waals surface area contributed by atoms with E-state index in [1.54, 1.807) is 6.20 Å². The van der Waals surface area contributed by atoms with Gasteiger partial charge in [0.25, 0.3) is 0 Å². The van der Waals surface area contributed by atoms with Crippen LogP contribution >= 0.6 is 12.2 Å². The van der Waals surface area contributed by atoms with Crippen LogP contribution in [0.25, 0.3) is 0 Å². The molecule has 5 heteroatoms. The number of hydrogen-bond donors (Lipinski definition) is 1. The number of piperazine rings is 1. The van der Waals surface area contributed by atoms with Gasteiger partial charge in [-0.25, -0.2) is 0 Å². The summed E-state index contributed by atoms with van der Waals surface area (Å²) in [6.07, 6.45) is 1.78. The standard InChI is InChI=1S/C14H22N4S/c1-14(2)10-18(7-6-17(14)3)9-11-4-5-16-12(8-11)13(15)19/h4-5,8H,6-7,9-10H2,1-3H3,(H2,15,19). The lowest BCUT2D eigenvalue weighted by molar-refractivity contribution is 0.0360. The lowest BCUT2D eigenvalue weighted by Gasteiger charge is -2.45. The predicted molar refractivity (Wildman–Crippen MR) is 82.1 cm³/mol. The molecule has 0 bridgehead atoms. The predicted octanol–water partition coefficient (Wildman–Crippen LogP) is 1.24. The summed E-state index contributed by atoms with van der Waals surface area (Å²) in [6, 6.07) is 4.03. The number of rotatable bonds is 3. The highest BCUT2D eigenvalue weighted by Crippen LogP contribution is 2.20. The Labute approximate surface area is 120 Å². The third-order valence-corrected chi connectivity index (χ3v) is 4.09. The van der Waals surface area contributed by atoms with E-state index in [-0.39, 0.29) is 5.54 Å². The first kappa shape index (κ1) is 14.4. The van der Waals surface area contributed by atoms with Crippen molar-refractivity contribution < 1.29 is 0 Å². The maximum Gasteiger partial charge on any atom is 0.122 e. The van der Waals surface area contributed by atoms with Gasteiger partial charge in [0, 0.05) is 37.9 Å². The second-order valence-corrected chi connectivity index (χ2v) is 6.30. The molecule has 1 saturated heterocycles. The Balaban J connectivity index is 2.05. The van der Waals surface area contributed by atoms with Gasteiger partial charge in [-0.1, -0.05) is 12.2 Å². The van der Waals surface area contributed by atoms with E-state index < -0.39 is 0 Å². The molecule has 0 saturated carbocycles. The molecular formula is C14H22N4S. The van der Waals surface area contributed by atoms with Crippen molar-refractivity contribution in [3.8, 4) is 0 Å². The first-order valence-electron chi connectivity index (χ1n) is 6.57. The van der Waals surface area contributed by atoms with Crippen molar-refractivity contribution in [2.24, 2.45) is 5.73 Å². The van der Waals surface area contributed by atoms with Crippen LogP contribution < -0.4 is 5.73 Å². The van der Waals surface area contributed by atoms with Gasteiger partial charge in [-0.05, 0) is 38.6 Å². The normalized spacial score (nSPS) is 20.4. The van der Waals surface area contributed by atoms with E-state index in [9.17, 15) is 0 Å². The summed E-state index contributed by atoms with van der Waals surface area (Å²) in [5, 5.41) is 0. The number of thiocarbonyl (C=S) groups is 1. The minimum atomic E-state index is 0.220. The summed E-state index contributed by atoms with van der Waals surface area (Å²) in [5.74, 6) is 0. The Morgan fingerprint density at radius 2 is 2.21 bits per heavy atom. The quantitative estimate of drug-likeness (QED) is 0.843. The van der Waals surface area contributed by atoms with E-state index in [2.05, 4.69) is 35.7 Å². The van der Waals surface area contributed by atoms with Gasteiger partial charge in [0.2, 0.25) is 0 Å². The third-order valence-electron chi connectivity index (χ3n) is 3.88. The minimum absolute atomic E-state index is 0.220. The van der Waals surface area contributed by atoms with Crippen LogP contribution in [-0.2, 0) is 6.54 Å². The molecule has 0 amide bonds. The van der Waals surface area contributed by atoms with Gasteiger partial charge in [0.15, 0.2) is 0 Å². The first-order chi connectivity index (χ1) is 8.88. The highest BCUT2D eigenvalue weighted by molar-refractivity contribution is 7.80. The lowest BCUT2D eigenvalue weighted by atomic mass is 9.99. The number of aromatic nitrogens is 1. The van der Waals surface area contributed by atoms with Crippen molar-refractivity contribution in [3.05, 3.63) is 29.6 Å². The van der Waals surface area contributed by atoms with Gasteiger partial charge in [0.1, 0.15) is 4.99 Å². The summed E-state index contributed by atoms with van der Waals surface area (Å²) < 4.78 is 0. The molecule has 2 rings (SSSR count).